The Bertz CT molecular complexity index is 361. The molecule has 2 unspecified atom stereocenters. The normalized spacial score (nSPS) is 35.7. The van der Waals surface area contributed by atoms with Crippen molar-refractivity contribution in [1.29, 1.82) is 0 Å². The predicted octanol–water partition coefficient (Wildman–Crippen LogP) is 2.55. The fourth-order valence-electron chi connectivity index (χ4n) is 3.23. The van der Waals surface area contributed by atoms with Gasteiger partial charge in [-0.15, -0.1) is 0 Å². The van der Waals surface area contributed by atoms with Crippen LogP contribution in [0.1, 0.15) is 58.8 Å². The van der Waals surface area contributed by atoms with Crippen LogP contribution in [-0.4, -0.2) is 28.6 Å². The van der Waals surface area contributed by atoms with Gasteiger partial charge in [0.15, 0.2) is 0 Å². The topological polar surface area (TPSA) is 63.6 Å². The lowest BCUT2D eigenvalue weighted by molar-refractivity contribution is -0.161. The van der Waals surface area contributed by atoms with E-state index in [4.69, 9.17) is 4.74 Å². The average Bonchev–Trinajstić information content (AvgIpc) is 2.61. The molecule has 0 spiro atoms. The third kappa shape index (κ3) is 2.44. The summed E-state index contributed by atoms with van der Waals surface area (Å²) in [5.41, 5.74) is -1.36. The summed E-state index contributed by atoms with van der Waals surface area (Å²) in [5.74, 6) is -1.06. The van der Waals surface area contributed by atoms with Crippen LogP contribution in [-0.2, 0) is 14.3 Å². The highest BCUT2D eigenvalue weighted by molar-refractivity contribution is 6.03. The molecule has 1 saturated carbocycles. The number of carbonyl (C=O) groups is 2. The minimum absolute atomic E-state index is 0.0850. The number of hydrogen-bond acceptors (Lipinski definition) is 3. The van der Waals surface area contributed by atoms with Crippen LogP contribution in [0.4, 0.5) is 0 Å². The summed E-state index contributed by atoms with van der Waals surface area (Å²) in [4.78, 5) is 23.6. The summed E-state index contributed by atoms with van der Waals surface area (Å²) in [7, 11) is 0. The van der Waals surface area contributed by atoms with Gasteiger partial charge in [0, 0.05) is 6.42 Å². The lowest BCUT2D eigenvalue weighted by atomic mass is 9.69. The molecule has 102 valence electrons. The van der Waals surface area contributed by atoms with E-state index in [9.17, 15) is 14.7 Å². The molecule has 2 rings (SSSR count). The monoisotopic (exact) mass is 254 g/mol. The highest BCUT2D eigenvalue weighted by Crippen LogP contribution is 2.42. The second kappa shape index (κ2) is 4.65. The molecule has 4 nitrogen and oxygen atoms in total. The molecule has 1 saturated heterocycles. The van der Waals surface area contributed by atoms with Crippen LogP contribution in [0.15, 0.2) is 0 Å². The van der Waals surface area contributed by atoms with Crippen molar-refractivity contribution >= 4 is 11.8 Å². The second-order valence-electron chi connectivity index (χ2n) is 6.26. The van der Waals surface area contributed by atoms with Crippen molar-refractivity contribution in [3.05, 3.63) is 0 Å². The molecule has 0 aromatic rings. The Balaban J connectivity index is 2.12. The molecular formula is C14H22O4. The number of carboxylic acid groups (broad SMARTS) is 1. The summed E-state index contributed by atoms with van der Waals surface area (Å²) in [6.07, 6.45) is 4.59. The second-order valence-corrected chi connectivity index (χ2v) is 6.26. The number of hydrogen-bond donors (Lipinski definition) is 1. The summed E-state index contributed by atoms with van der Waals surface area (Å²) < 4.78 is 5.86. The van der Waals surface area contributed by atoms with Crippen LogP contribution in [0.2, 0.25) is 0 Å². The van der Waals surface area contributed by atoms with E-state index in [2.05, 4.69) is 0 Å². The van der Waals surface area contributed by atoms with Gasteiger partial charge in [-0.2, -0.15) is 0 Å². The van der Waals surface area contributed by atoms with Crippen molar-refractivity contribution in [2.75, 3.05) is 0 Å². The molecule has 0 bridgehead atoms. The number of carbonyl (C=O) groups excluding carboxylic acids is 1. The van der Waals surface area contributed by atoms with Crippen molar-refractivity contribution in [2.45, 2.75) is 70.5 Å². The Morgan fingerprint density at radius 1 is 1.39 bits per heavy atom. The number of Topliss-reactive ketones (excluding diaryl/α,β-unsaturated/α-hetero) is 1. The van der Waals surface area contributed by atoms with Crippen molar-refractivity contribution in [3.63, 3.8) is 0 Å². The number of carboxylic acids is 1. The maximum absolute atomic E-state index is 12.1. The van der Waals surface area contributed by atoms with Gasteiger partial charge in [0.25, 0.3) is 0 Å². The molecule has 0 radical (unpaired) electrons. The first kappa shape index (κ1) is 13.5. The molecule has 4 heteroatoms. The third-order valence-corrected chi connectivity index (χ3v) is 4.33. The number of rotatable bonds is 3. The van der Waals surface area contributed by atoms with Gasteiger partial charge >= 0.3 is 5.97 Å². The van der Waals surface area contributed by atoms with Gasteiger partial charge in [0.2, 0.25) is 0 Å². The summed E-state index contributed by atoms with van der Waals surface area (Å²) >= 11 is 0. The fraction of sp³-hybridized carbons (Fsp3) is 0.857. The molecule has 18 heavy (non-hydrogen) atoms. The van der Waals surface area contributed by atoms with Crippen LogP contribution in [0, 0.1) is 5.41 Å². The minimum atomic E-state index is -1.18. The fourth-order valence-corrected chi connectivity index (χ4v) is 3.23. The van der Waals surface area contributed by atoms with Gasteiger partial charge in [0.05, 0.1) is 11.7 Å². The quantitative estimate of drug-likeness (QED) is 0.786. The predicted molar refractivity (Wildman–Crippen MR) is 66.3 cm³/mol. The third-order valence-electron chi connectivity index (χ3n) is 4.33. The molecule has 2 atom stereocenters. The SMILES string of the molecule is CC1(C)CCC(CC2(C(=O)O)CCCCC2=O)O1. The van der Waals surface area contributed by atoms with Crippen molar-refractivity contribution in [3.8, 4) is 0 Å². The smallest absolute Gasteiger partial charge is 0.317 e. The maximum atomic E-state index is 12.1. The number of ketones is 1. The molecule has 0 aromatic carbocycles. The van der Waals surface area contributed by atoms with Gasteiger partial charge in [-0.25, -0.2) is 0 Å². The minimum Gasteiger partial charge on any atom is -0.480 e. The Kier molecular flexibility index (Phi) is 3.49. The van der Waals surface area contributed by atoms with E-state index in [1.54, 1.807) is 0 Å². The Labute approximate surface area is 108 Å². The van der Waals surface area contributed by atoms with E-state index in [0.717, 1.165) is 25.7 Å². The molecule has 2 fully saturated rings. The van der Waals surface area contributed by atoms with Crippen molar-refractivity contribution in [2.24, 2.45) is 5.41 Å². The Hall–Kier alpha value is -0.900. The molecule has 1 aliphatic heterocycles. The van der Waals surface area contributed by atoms with Crippen LogP contribution in [0.5, 0.6) is 0 Å². The summed E-state index contributed by atoms with van der Waals surface area (Å²) in [6, 6.07) is 0. The summed E-state index contributed by atoms with van der Waals surface area (Å²) in [6.45, 7) is 4.03. The van der Waals surface area contributed by atoms with Crippen LogP contribution in [0.3, 0.4) is 0 Å². The van der Waals surface area contributed by atoms with Gasteiger partial charge in [-0.1, -0.05) is 6.42 Å². The average molecular weight is 254 g/mol. The van der Waals surface area contributed by atoms with Gasteiger partial charge in [-0.3, -0.25) is 9.59 Å². The van der Waals surface area contributed by atoms with Gasteiger partial charge < -0.3 is 9.84 Å². The Morgan fingerprint density at radius 2 is 2.11 bits per heavy atom. The van der Waals surface area contributed by atoms with E-state index < -0.39 is 11.4 Å². The van der Waals surface area contributed by atoms with Gasteiger partial charge in [-0.05, 0) is 46.0 Å². The molecular weight excluding hydrogens is 232 g/mol. The maximum Gasteiger partial charge on any atom is 0.317 e. The van der Waals surface area contributed by atoms with Crippen molar-refractivity contribution in [1.82, 2.24) is 0 Å². The lowest BCUT2D eigenvalue weighted by Crippen LogP contribution is -2.44. The zero-order chi connectivity index (χ0) is 13.4. The van der Waals surface area contributed by atoms with E-state index in [1.165, 1.54) is 0 Å². The van der Waals surface area contributed by atoms with E-state index in [-0.39, 0.29) is 17.5 Å². The number of ether oxygens (including phenoxy) is 1. The molecule has 2 aliphatic rings. The largest absolute Gasteiger partial charge is 0.480 e. The highest BCUT2D eigenvalue weighted by atomic mass is 16.5. The first-order valence-electron chi connectivity index (χ1n) is 6.80. The first-order valence-corrected chi connectivity index (χ1v) is 6.80. The summed E-state index contributed by atoms with van der Waals surface area (Å²) in [5, 5.41) is 9.47. The molecule has 1 N–H and O–H groups in total. The van der Waals surface area contributed by atoms with E-state index in [1.807, 2.05) is 13.8 Å². The zero-order valence-electron chi connectivity index (χ0n) is 11.2. The van der Waals surface area contributed by atoms with Crippen LogP contribution < -0.4 is 0 Å². The lowest BCUT2D eigenvalue weighted by Gasteiger charge is -2.34. The zero-order valence-corrected chi connectivity index (χ0v) is 11.2. The van der Waals surface area contributed by atoms with Gasteiger partial charge in [0.1, 0.15) is 11.2 Å². The van der Waals surface area contributed by atoms with Crippen LogP contribution in [0.25, 0.3) is 0 Å². The van der Waals surface area contributed by atoms with Crippen molar-refractivity contribution < 1.29 is 19.4 Å². The first-order chi connectivity index (χ1) is 8.36. The molecule has 1 aliphatic carbocycles. The molecule has 0 amide bonds. The number of aliphatic carboxylic acids is 1. The Morgan fingerprint density at radius 3 is 2.61 bits per heavy atom. The highest BCUT2D eigenvalue weighted by Gasteiger charge is 2.49. The van der Waals surface area contributed by atoms with Crippen LogP contribution >= 0.6 is 0 Å². The standard InChI is InChI=1S/C14H22O4/c1-13(2)8-6-10(18-13)9-14(12(16)17)7-4-3-5-11(14)15/h10H,3-9H2,1-2H3,(H,16,17). The molecule has 1 heterocycles. The van der Waals surface area contributed by atoms with E-state index >= 15 is 0 Å². The van der Waals surface area contributed by atoms with E-state index in [0.29, 0.717) is 19.3 Å². The molecule has 0 aromatic heterocycles.